The zero-order valence-corrected chi connectivity index (χ0v) is 12.6. The van der Waals surface area contributed by atoms with Gasteiger partial charge >= 0.3 is 0 Å². The predicted molar refractivity (Wildman–Crippen MR) is 75.0 cm³/mol. The molecule has 18 heavy (non-hydrogen) atoms. The van der Waals surface area contributed by atoms with Crippen molar-refractivity contribution in [3.05, 3.63) is 0 Å². The molecular formula is C14H30N2O2. The van der Waals surface area contributed by atoms with Gasteiger partial charge in [0.15, 0.2) is 0 Å². The van der Waals surface area contributed by atoms with Crippen LogP contribution in [0.25, 0.3) is 0 Å². The van der Waals surface area contributed by atoms with E-state index in [0.29, 0.717) is 18.7 Å². The van der Waals surface area contributed by atoms with Crippen molar-refractivity contribution in [2.45, 2.75) is 45.4 Å². The van der Waals surface area contributed by atoms with Crippen LogP contribution in [0.1, 0.15) is 27.2 Å². The number of hydrogen-bond acceptors (Lipinski definition) is 4. The molecule has 4 nitrogen and oxygen atoms in total. The number of rotatable bonds is 7. The molecule has 1 fully saturated rings. The molecule has 1 heterocycles. The molecule has 0 amide bonds. The predicted octanol–water partition coefficient (Wildman–Crippen LogP) is 1.36. The molecule has 0 spiro atoms. The fourth-order valence-corrected chi connectivity index (χ4v) is 2.51. The highest BCUT2D eigenvalue weighted by atomic mass is 16.5. The maximum absolute atomic E-state index is 5.48. The van der Waals surface area contributed by atoms with E-state index in [1.54, 1.807) is 14.2 Å². The maximum atomic E-state index is 5.48. The standard InChI is InChI=1S/C14H30N2O2/c1-6-11(2)14-9-16(12(3)7-15-14)8-13(18-5)10-17-4/h11-15H,6-10H2,1-5H3. The summed E-state index contributed by atoms with van der Waals surface area (Å²) in [4.78, 5) is 2.53. The van der Waals surface area contributed by atoms with E-state index in [0.717, 1.165) is 25.6 Å². The smallest absolute Gasteiger partial charge is 0.0931 e. The minimum absolute atomic E-state index is 0.174. The van der Waals surface area contributed by atoms with Gasteiger partial charge < -0.3 is 14.8 Å². The van der Waals surface area contributed by atoms with Gasteiger partial charge in [-0.15, -0.1) is 0 Å². The van der Waals surface area contributed by atoms with E-state index in [2.05, 4.69) is 31.0 Å². The molecule has 4 heteroatoms. The summed E-state index contributed by atoms with van der Waals surface area (Å²) in [5.74, 6) is 0.725. The van der Waals surface area contributed by atoms with Gasteiger partial charge in [-0.05, 0) is 12.8 Å². The van der Waals surface area contributed by atoms with Crippen LogP contribution in [-0.2, 0) is 9.47 Å². The highest BCUT2D eigenvalue weighted by Crippen LogP contribution is 2.16. The summed E-state index contributed by atoms with van der Waals surface area (Å²) in [6.45, 7) is 10.7. The van der Waals surface area contributed by atoms with E-state index in [1.807, 2.05) is 0 Å². The largest absolute Gasteiger partial charge is 0.382 e. The van der Waals surface area contributed by atoms with Crippen molar-refractivity contribution >= 4 is 0 Å². The monoisotopic (exact) mass is 258 g/mol. The van der Waals surface area contributed by atoms with E-state index < -0.39 is 0 Å². The number of hydrogen-bond donors (Lipinski definition) is 1. The first-order chi connectivity index (χ1) is 8.62. The number of ether oxygens (including phenoxy) is 2. The Morgan fingerprint density at radius 2 is 2.11 bits per heavy atom. The zero-order valence-electron chi connectivity index (χ0n) is 12.6. The quantitative estimate of drug-likeness (QED) is 0.747. The second-order valence-corrected chi connectivity index (χ2v) is 5.52. The Morgan fingerprint density at radius 3 is 2.67 bits per heavy atom. The molecule has 0 aromatic heterocycles. The number of methoxy groups -OCH3 is 2. The van der Waals surface area contributed by atoms with Crippen molar-refractivity contribution in [1.82, 2.24) is 10.2 Å². The second-order valence-electron chi connectivity index (χ2n) is 5.52. The molecule has 1 aliphatic heterocycles. The van der Waals surface area contributed by atoms with Gasteiger partial charge in [-0.25, -0.2) is 0 Å². The zero-order chi connectivity index (χ0) is 13.5. The van der Waals surface area contributed by atoms with E-state index >= 15 is 0 Å². The van der Waals surface area contributed by atoms with Crippen LogP contribution in [-0.4, -0.2) is 63.5 Å². The number of piperazine rings is 1. The van der Waals surface area contributed by atoms with Crippen LogP contribution in [0.15, 0.2) is 0 Å². The molecule has 0 bridgehead atoms. The van der Waals surface area contributed by atoms with Crippen LogP contribution in [0.3, 0.4) is 0 Å². The molecular weight excluding hydrogens is 228 g/mol. The fraction of sp³-hybridized carbons (Fsp3) is 1.00. The molecule has 0 aromatic carbocycles. The summed E-state index contributed by atoms with van der Waals surface area (Å²) in [5, 5.41) is 3.66. The summed E-state index contributed by atoms with van der Waals surface area (Å²) in [7, 11) is 3.50. The van der Waals surface area contributed by atoms with Crippen molar-refractivity contribution in [2.24, 2.45) is 5.92 Å². The lowest BCUT2D eigenvalue weighted by atomic mass is 9.95. The van der Waals surface area contributed by atoms with Gasteiger partial charge in [0.25, 0.3) is 0 Å². The first-order valence-electron chi connectivity index (χ1n) is 7.11. The van der Waals surface area contributed by atoms with Gasteiger partial charge in [0.1, 0.15) is 0 Å². The van der Waals surface area contributed by atoms with Crippen molar-refractivity contribution in [3.8, 4) is 0 Å². The summed E-state index contributed by atoms with van der Waals surface area (Å²) < 4.78 is 10.7. The van der Waals surface area contributed by atoms with Gasteiger partial charge in [-0.3, -0.25) is 4.90 Å². The normalized spacial score (nSPS) is 29.2. The summed E-state index contributed by atoms with van der Waals surface area (Å²) in [6.07, 6.45) is 1.40. The topological polar surface area (TPSA) is 33.7 Å². The second kappa shape index (κ2) is 8.10. The van der Waals surface area contributed by atoms with Gasteiger partial charge in [0.05, 0.1) is 12.7 Å². The minimum Gasteiger partial charge on any atom is -0.382 e. The molecule has 1 rings (SSSR count). The van der Waals surface area contributed by atoms with Crippen molar-refractivity contribution < 1.29 is 9.47 Å². The molecule has 1 saturated heterocycles. The van der Waals surface area contributed by atoms with Crippen molar-refractivity contribution in [3.63, 3.8) is 0 Å². The average Bonchev–Trinajstić information content (AvgIpc) is 2.39. The third kappa shape index (κ3) is 4.50. The van der Waals surface area contributed by atoms with Crippen LogP contribution in [0, 0.1) is 5.92 Å². The Bertz CT molecular complexity index is 224. The van der Waals surface area contributed by atoms with Crippen molar-refractivity contribution in [1.29, 1.82) is 0 Å². The SMILES string of the molecule is CCC(C)C1CN(CC(COC)OC)C(C)CN1. The molecule has 0 saturated carbocycles. The molecule has 1 N–H and O–H groups in total. The maximum Gasteiger partial charge on any atom is 0.0931 e. The molecule has 0 aliphatic carbocycles. The van der Waals surface area contributed by atoms with Crippen LogP contribution in [0.2, 0.25) is 0 Å². The molecule has 0 radical (unpaired) electrons. The lowest BCUT2D eigenvalue weighted by molar-refractivity contribution is -0.0112. The summed E-state index contributed by atoms with van der Waals surface area (Å²) in [5.41, 5.74) is 0. The van der Waals surface area contributed by atoms with Gasteiger partial charge in [0, 0.05) is 45.9 Å². The Morgan fingerprint density at radius 1 is 1.39 bits per heavy atom. The van der Waals surface area contributed by atoms with Crippen LogP contribution in [0.5, 0.6) is 0 Å². The highest BCUT2D eigenvalue weighted by Gasteiger charge is 2.29. The fourth-order valence-electron chi connectivity index (χ4n) is 2.51. The Kier molecular flexibility index (Phi) is 7.15. The summed E-state index contributed by atoms with van der Waals surface area (Å²) in [6, 6.07) is 1.17. The lowest BCUT2D eigenvalue weighted by Gasteiger charge is -2.42. The first-order valence-corrected chi connectivity index (χ1v) is 7.11. The van der Waals surface area contributed by atoms with E-state index in [4.69, 9.17) is 9.47 Å². The first kappa shape index (κ1) is 15.9. The number of nitrogens with one attached hydrogen (secondary N) is 1. The molecule has 4 atom stereocenters. The minimum atomic E-state index is 0.174. The summed E-state index contributed by atoms with van der Waals surface area (Å²) >= 11 is 0. The average molecular weight is 258 g/mol. The molecule has 1 aliphatic rings. The highest BCUT2D eigenvalue weighted by molar-refractivity contribution is 4.87. The third-order valence-electron chi connectivity index (χ3n) is 4.18. The number of nitrogens with zero attached hydrogens (tertiary/aromatic N) is 1. The van der Waals surface area contributed by atoms with Crippen LogP contribution >= 0.6 is 0 Å². The van der Waals surface area contributed by atoms with E-state index in [-0.39, 0.29) is 6.10 Å². The lowest BCUT2D eigenvalue weighted by Crippen LogP contribution is -2.59. The molecule has 108 valence electrons. The molecule has 4 unspecified atom stereocenters. The Balaban J connectivity index is 2.50. The van der Waals surface area contributed by atoms with Crippen LogP contribution in [0.4, 0.5) is 0 Å². The van der Waals surface area contributed by atoms with Gasteiger partial charge in [0.2, 0.25) is 0 Å². The van der Waals surface area contributed by atoms with Gasteiger partial charge in [-0.1, -0.05) is 20.3 Å². The Hall–Kier alpha value is -0.160. The van der Waals surface area contributed by atoms with Crippen molar-refractivity contribution in [2.75, 3.05) is 40.5 Å². The van der Waals surface area contributed by atoms with Crippen LogP contribution < -0.4 is 5.32 Å². The van der Waals surface area contributed by atoms with E-state index in [9.17, 15) is 0 Å². The molecule has 0 aromatic rings. The van der Waals surface area contributed by atoms with Gasteiger partial charge in [-0.2, -0.15) is 0 Å². The van der Waals surface area contributed by atoms with E-state index in [1.165, 1.54) is 6.42 Å². The Labute approximate surface area is 112 Å². The third-order valence-corrected chi connectivity index (χ3v) is 4.18.